The second kappa shape index (κ2) is 6.32. The van der Waals surface area contributed by atoms with Gasteiger partial charge in [0, 0.05) is 38.3 Å². The Morgan fingerprint density at radius 1 is 1.39 bits per heavy atom. The molecule has 0 amide bonds. The van der Waals surface area contributed by atoms with E-state index in [1.54, 1.807) is 0 Å². The van der Waals surface area contributed by atoms with Crippen molar-refractivity contribution >= 4 is 0 Å². The summed E-state index contributed by atoms with van der Waals surface area (Å²) in [5.74, 6) is 0.484. The molecule has 3 atom stereocenters. The first-order valence-corrected chi connectivity index (χ1v) is 6.93. The van der Waals surface area contributed by atoms with Gasteiger partial charge in [0.05, 0.1) is 0 Å². The number of nitrogens with one attached hydrogen (secondary N) is 1. The lowest BCUT2D eigenvalue weighted by Crippen LogP contribution is -2.50. The van der Waals surface area contributed by atoms with Gasteiger partial charge < -0.3 is 16.0 Å². The maximum atomic E-state index is 6.35. The predicted molar refractivity (Wildman–Crippen MR) is 76.4 cm³/mol. The molecule has 3 N–H and O–H groups in total. The van der Waals surface area contributed by atoms with Crippen LogP contribution in [0.15, 0.2) is 30.3 Å². The minimum atomic E-state index is 0.136. The van der Waals surface area contributed by atoms with Gasteiger partial charge in [-0.05, 0) is 18.4 Å². The Kier molecular flexibility index (Phi) is 4.75. The third-order valence-electron chi connectivity index (χ3n) is 3.80. The van der Waals surface area contributed by atoms with Crippen LogP contribution in [0.3, 0.4) is 0 Å². The number of hydrogen-bond acceptors (Lipinski definition) is 3. The van der Waals surface area contributed by atoms with E-state index < -0.39 is 0 Å². The first kappa shape index (κ1) is 13.5. The molecule has 0 saturated carbocycles. The summed E-state index contributed by atoms with van der Waals surface area (Å²) >= 11 is 0. The van der Waals surface area contributed by atoms with E-state index >= 15 is 0 Å². The molecule has 18 heavy (non-hydrogen) atoms. The topological polar surface area (TPSA) is 41.3 Å². The van der Waals surface area contributed by atoms with Gasteiger partial charge in [-0.25, -0.2) is 0 Å². The number of nitrogens with two attached hydrogens (primary N) is 1. The molecule has 0 aromatic heterocycles. The molecule has 1 aliphatic rings. The van der Waals surface area contributed by atoms with Crippen molar-refractivity contribution < 1.29 is 0 Å². The molecule has 1 aliphatic heterocycles. The van der Waals surface area contributed by atoms with E-state index in [-0.39, 0.29) is 6.04 Å². The molecule has 0 spiro atoms. The standard InChI is InChI=1S/C15H25N3/c1-12(10-18-9-8-17-13(2)11-18)15(16)14-6-4-3-5-7-14/h3-7,12-13,15,17H,8-11,16H2,1-2H3/t12-,13-,15+/m0/s1. The molecule has 1 aromatic rings. The number of hydrogen-bond donors (Lipinski definition) is 2. The highest BCUT2D eigenvalue weighted by Gasteiger charge is 2.21. The van der Waals surface area contributed by atoms with E-state index in [9.17, 15) is 0 Å². The van der Waals surface area contributed by atoms with Gasteiger partial charge in [0.25, 0.3) is 0 Å². The smallest absolute Gasteiger partial charge is 0.0333 e. The molecule has 2 rings (SSSR count). The van der Waals surface area contributed by atoms with Gasteiger partial charge in [-0.15, -0.1) is 0 Å². The van der Waals surface area contributed by atoms with Crippen molar-refractivity contribution in [1.29, 1.82) is 0 Å². The quantitative estimate of drug-likeness (QED) is 0.849. The van der Waals surface area contributed by atoms with Crippen LogP contribution in [0.1, 0.15) is 25.5 Å². The minimum Gasteiger partial charge on any atom is -0.324 e. The summed E-state index contributed by atoms with van der Waals surface area (Å²) in [4.78, 5) is 2.52. The fraction of sp³-hybridized carbons (Fsp3) is 0.600. The molecular weight excluding hydrogens is 222 g/mol. The van der Waals surface area contributed by atoms with Crippen LogP contribution in [0.5, 0.6) is 0 Å². The highest BCUT2D eigenvalue weighted by molar-refractivity contribution is 5.19. The zero-order valence-electron chi connectivity index (χ0n) is 11.5. The lowest BCUT2D eigenvalue weighted by atomic mass is 9.94. The number of benzene rings is 1. The second-order valence-electron chi connectivity index (χ2n) is 5.53. The normalized spacial score (nSPS) is 24.7. The van der Waals surface area contributed by atoms with Crippen LogP contribution in [-0.2, 0) is 0 Å². The summed E-state index contributed by atoms with van der Waals surface area (Å²) in [7, 11) is 0. The molecular formula is C15H25N3. The van der Waals surface area contributed by atoms with Gasteiger partial charge in [-0.2, -0.15) is 0 Å². The molecule has 0 unspecified atom stereocenters. The van der Waals surface area contributed by atoms with E-state index in [4.69, 9.17) is 5.73 Å². The Labute approximate surface area is 110 Å². The van der Waals surface area contributed by atoms with Crippen LogP contribution in [0.4, 0.5) is 0 Å². The van der Waals surface area contributed by atoms with E-state index in [2.05, 4.69) is 48.3 Å². The Morgan fingerprint density at radius 2 is 2.11 bits per heavy atom. The average Bonchev–Trinajstić information content (AvgIpc) is 2.39. The van der Waals surface area contributed by atoms with Gasteiger partial charge in [0.15, 0.2) is 0 Å². The van der Waals surface area contributed by atoms with E-state index in [0.29, 0.717) is 12.0 Å². The Balaban J connectivity index is 1.89. The number of nitrogens with zero attached hydrogens (tertiary/aromatic N) is 1. The summed E-state index contributed by atoms with van der Waals surface area (Å²) in [6, 6.07) is 11.2. The summed E-state index contributed by atoms with van der Waals surface area (Å²) in [5.41, 5.74) is 7.59. The van der Waals surface area contributed by atoms with E-state index in [0.717, 1.165) is 26.2 Å². The monoisotopic (exact) mass is 247 g/mol. The number of piperazine rings is 1. The summed E-state index contributed by atoms with van der Waals surface area (Å²) < 4.78 is 0. The molecule has 100 valence electrons. The molecule has 1 aromatic carbocycles. The van der Waals surface area contributed by atoms with E-state index in [1.165, 1.54) is 5.56 Å². The van der Waals surface area contributed by atoms with Gasteiger partial charge in [-0.1, -0.05) is 37.3 Å². The summed E-state index contributed by atoms with van der Waals surface area (Å²) in [6.07, 6.45) is 0. The van der Waals surface area contributed by atoms with Crippen LogP contribution in [0.25, 0.3) is 0 Å². The van der Waals surface area contributed by atoms with Crippen molar-refractivity contribution in [2.24, 2.45) is 11.7 Å². The van der Waals surface area contributed by atoms with E-state index in [1.807, 2.05) is 6.07 Å². The van der Waals surface area contributed by atoms with Crippen LogP contribution >= 0.6 is 0 Å². The Morgan fingerprint density at radius 3 is 2.78 bits per heavy atom. The lowest BCUT2D eigenvalue weighted by Gasteiger charge is -2.35. The van der Waals surface area contributed by atoms with Crippen molar-refractivity contribution in [1.82, 2.24) is 10.2 Å². The van der Waals surface area contributed by atoms with Gasteiger partial charge in [0.2, 0.25) is 0 Å². The van der Waals surface area contributed by atoms with Crippen molar-refractivity contribution in [2.75, 3.05) is 26.2 Å². The van der Waals surface area contributed by atoms with Crippen molar-refractivity contribution in [3.63, 3.8) is 0 Å². The molecule has 1 fully saturated rings. The molecule has 1 saturated heterocycles. The van der Waals surface area contributed by atoms with Crippen LogP contribution < -0.4 is 11.1 Å². The van der Waals surface area contributed by atoms with Gasteiger partial charge >= 0.3 is 0 Å². The maximum absolute atomic E-state index is 6.35. The molecule has 0 bridgehead atoms. The molecule has 3 nitrogen and oxygen atoms in total. The largest absolute Gasteiger partial charge is 0.324 e. The van der Waals surface area contributed by atoms with Gasteiger partial charge in [0.1, 0.15) is 0 Å². The van der Waals surface area contributed by atoms with Crippen molar-refractivity contribution in [2.45, 2.75) is 25.9 Å². The zero-order chi connectivity index (χ0) is 13.0. The third-order valence-corrected chi connectivity index (χ3v) is 3.80. The summed E-state index contributed by atoms with van der Waals surface area (Å²) in [5, 5.41) is 3.47. The maximum Gasteiger partial charge on any atom is 0.0333 e. The first-order chi connectivity index (χ1) is 8.66. The molecule has 0 aliphatic carbocycles. The molecule has 1 heterocycles. The molecule has 0 radical (unpaired) electrons. The highest BCUT2D eigenvalue weighted by atomic mass is 15.2. The van der Waals surface area contributed by atoms with Crippen molar-refractivity contribution in [3.05, 3.63) is 35.9 Å². The fourth-order valence-electron chi connectivity index (χ4n) is 2.70. The average molecular weight is 247 g/mol. The first-order valence-electron chi connectivity index (χ1n) is 6.93. The van der Waals surface area contributed by atoms with Crippen LogP contribution in [0.2, 0.25) is 0 Å². The Bertz CT molecular complexity index is 352. The zero-order valence-corrected chi connectivity index (χ0v) is 11.5. The third kappa shape index (κ3) is 3.55. The lowest BCUT2D eigenvalue weighted by molar-refractivity contribution is 0.174. The number of rotatable bonds is 4. The fourth-order valence-corrected chi connectivity index (χ4v) is 2.70. The van der Waals surface area contributed by atoms with Crippen LogP contribution in [-0.4, -0.2) is 37.1 Å². The van der Waals surface area contributed by atoms with Crippen molar-refractivity contribution in [3.8, 4) is 0 Å². The second-order valence-corrected chi connectivity index (χ2v) is 5.53. The molecule has 3 heteroatoms. The van der Waals surface area contributed by atoms with Crippen LogP contribution in [0, 0.1) is 5.92 Å². The SMILES string of the molecule is C[C@H]1CN(C[C@H](C)[C@@H](N)c2ccccc2)CCN1. The minimum absolute atomic E-state index is 0.136. The highest BCUT2D eigenvalue weighted by Crippen LogP contribution is 2.20. The van der Waals surface area contributed by atoms with Gasteiger partial charge in [-0.3, -0.25) is 0 Å². The predicted octanol–water partition coefficient (Wildman–Crippen LogP) is 1.62. The summed E-state index contributed by atoms with van der Waals surface area (Å²) in [6.45, 7) is 8.94. The Hall–Kier alpha value is -0.900.